The van der Waals surface area contributed by atoms with Crippen LogP contribution in [0.2, 0.25) is 0 Å². The van der Waals surface area contributed by atoms with E-state index in [0.29, 0.717) is 17.7 Å². The minimum atomic E-state index is -0.590. The zero-order chi connectivity index (χ0) is 15.2. The summed E-state index contributed by atoms with van der Waals surface area (Å²) in [4.78, 5) is 11.2. The topological polar surface area (TPSA) is 41.1 Å². The van der Waals surface area contributed by atoms with E-state index in [-0.39, 0.29) is 12.5 Å². The summed E-state index contributed by atoms with van der Waals surface area (Å²) in [6, 6.07) is 10.6. The van der Waals surface area contributed by atoms with Crippen LogP contribution in [0.5, 0.6) is 0 Å². The number of carbonyl (C=O) groups is 1. The van der Waals surface area contributed by atoms with Crippen molar-refractivity contribution in [3.05, 3.63) is 59.7 Å². The van der Waals surface area contributed by atoms with Crippen molar-refractivity contribution < 1.29 is 13.6 Å². The van der Waals surface area contributed by atoms with E-state index in [4.69, 9.17) is 0 Å². The predicted octanol–water partition coefficient (Wildman–Crippen LogP) is 3.93. The monoisotopic (exact) mass is 290 g/mol. The van der Waals surface area contributed by atoms with Gasteiger partial charge in [0.05, 0.1) is 0 Å². The molecule has 0 unspecified atom stereocenters. The van der Waals surface area contributed by atoms with Crippen LogP contribution in [0.25, 0.3) is 0 Å². The Morgan fingerprint density at radius 3 is 2.33 bits per heavy atom. The Kier molecular flexibility index (Phi) is 4.87. The number of nitrogens with one attached hydrogen (secondary N) is 2. The average molecular weight is 290 g/mol. The van der Waals surface area contributed by atoms with Gasteiger partial charge in [0, 0.05) is 36.0 Å². The van der Waals surface area contributed by atoms with Crippen LogP contribution >= 0.6 is 0 Å². The molecule has 0 heterocycles. The van der Waals surface area contributed by atoms with Gasteiger partial charge in [0.2, 0.25) is 5.91 Å². The van der Waals surface area contributed by atoms with Crippen LogP contribution in [0, 0.1) is 11.6 Å². The minimum Gasteiger partial charge on any atom is -0.381 e. The summed E-state index contributed by atoms with van der Waals surface area (Å²) in [5, 5.41) is 5.78. The van der Waals surface area contributed by atoms with E-state index >= 15 is 0 Å². The van der Waals surface area contributed by atoms with E-state index in [2.05, 4.69) is 10.6 Å². The third kappa shape index (κ3) is 4.27. The Bertz CT molecular complexity index is 627. The quantitative estimate of drug-likeness (QED) is 0.876. The average Bonchev–Trinajstić information content (AvgIpc) is 2.48. The molecule has 1 amide bonds. The summed E-state index contributed by atoms with van der Waals surface area (Å²) in [5.74, 6) is -1.22. The van der Waals surface area contributed by atoms with Gasteiger partial charge in [0.25, 0.3) is 0 Å². The molecule has 0 radical (unpaired) electrons. The molecule has 110 valence electrons. The van der Waals surface area contributed by atoms with Crippen LogP contribution in [-0.2, 0) is 11.3 Å². The molecular weight excluding hydrogens is 274 g/mol. The molecule has 2 N–H and O–H groups in total. The first-order chi connectivity index (χ1) is 10.1. The van der Waals surface area contributed by atoms with Crippen molar-refractivity contribution in [1.82, 2.24) is 0 Å². The minimum absolute atomic E-state index is 0.0518. The molecule has 0 saturated carbocycles. The molecule has 21 heavy (non-hydrogen) atoms. The maximum absolute atomic E-state index is 13.5. The lowest BCUT2D eigenvalue weighted by molar-refractivity contribution is -0.115. The highest BCUT2D eigenvalue weighted by atomic mass is 19.1. The molecular formula is C16H16F2N2O. The van der Waals surface area contributed by atoms with E-state index < -0.39 is 11.6 Å². The molecule has 2 aromatic rings. The highest BCUT2D eigenvalue weighted by molar-refractivity contribution is 5.90. The maximum atomic E-state index is 13.5. The molecule has 0 bridgehead atoms. The highest BCUT2D eigenvalue weighted by Gasteiger charge is 2.04. The predicted molar refractivity (Wildman–Crippen MR) is 79.0 cm³/mol. The molecule has 0 spiro atoms. The smallest absolute Gasteiger partial charge is 0.224 e. The molecule has 0 aromatic heterocycles. The van der Waals surface area contributed by atoms with Crippen molar-refractivity contribution >= 4 is 17.3 Å². The van der Waals surface area contributed by atoms with Gasteiger partial charge in [-0.25, -0.2) is 8.78 Å². The van der Waals surface area contributed by atoms with Crippen molar-refractivity contribution in [2.24, 2.45) is 0 Å². The van der Waals surface area contributed by atoms with Crippen molar-refractivity contribution in [3.8, 4) is 0 Å². The van der Waals surface area contributed by atoms with E-state index in [1.807, 2.05) is 0 Å². The van der Waals surface area contributed by atoms with Crippen LogP contribution < -0.4 is 10.6 Å². The number of rotatable bonds is 5. The second kappa shape index (κ2) is 6.83. The summed E-state index contributed by atoms with van der Waals surface area (Å²) < 4.78 is 26.3. The molecule has 0 fully saturated rings. The lowest BCUT2D eigenvalue weighted by Gasteiger charge is -2.09. The number of anilines is 2. The third-order valence-electron chi connectivity index (χ3n) is 2.99. The zero-order valence-corrected chi connectivity index (χ0v) is 11.6. The third-order valence-corrected chi connectivity index (χ3v) is 2.99. The Morgan fingerprint density at radius 2 is 1.71 bits per heavy atom. The zero-order valence-electron chi connectivity index (χ0n) is 11.6. The van der Waals surface area contributed by atoms with Crippen LogP contribution in [0.1, 0.15) is 18.9 Å². The number of carbonyl (C=O) groups excluding carboxylic acids is 1. The molecule has 2 aromatic carbocycles. The lowest BCUT2D eigenvalue weighted by Crippen LogP contribution is -2.09. The number of hydrogen-bond donors (Lipinski definition) is 2. The Hall–Kier alpha value is -2.43. The maximum Gasteiger partial charge on any atom is 0.224 e. The summed E-state index contributed by atoms with van der Waals surface area (Å²) in [6.07, 6.45) is 0.420. The first-order valence-electron chi connectivity index (χ1n) is 6.66. The van der Waals surface area contributed by atoms with E-state index in [9.17, 15) is 13.6 Å². The highest BCUT2D eigenvalue weighted by Crippen LogP contribution is 2.16. The molecule has 0 saturated heterocycles. The van der Waals surface area contributed by atoms with Crippen LogP contribution in [0.15, 0.2) is 42.5 Å². The van der Waals surface area contributed by atoms with Crippen LogP contribution in [-0.4, -0.2) is 5.91 Å². The van der Waals surface area contributed by atoms with Gasteiger partial charge in [-0.2, -0.15) is 0 Å². The standard InChI is InChI=1S/C16H16F2N2O/c1-2-16(21)20-14-7-5-13(6-8-14)19-10-11-3-4-12(17)9-15(11)18/h3-9,19H,2,10H2,1H3,(H,20,21). The summed E-state index contributed by atoms with van der Waals surface area (Å²) in [6.45, 7) is 2.04. The Balaban J connectivity index is 1.96. The number of hydrogen-bond acceptors (Lipinski definition) is 2. The molecule has 0 aliphatic carbocycles. The molecule has 0 aliphatic rings. The van der Waals surface area contributed by atoms with Crippen molar-refractivity contribution in [3.63, 3.8) is 0 Å². The van der Waals surface area contributed by atoms with Gasteiger partial charge in [-0.1, -0.05) is 13.0 Å². The van der Waals surface area contributed by atoms with E-state index in [1.165, 1.54) is 12.1 Å². The summed E-state index contributed by atoms with van der Waals surface area (Å²) in [5.41, 5.74) is 1.88. The second-order valence-corrected chi connectivity index (χ2v) is 4.57. The molecule has 0 aliphatic heterocycles. The van der Waals surface area contributed by atoms with Gasteiger partial charge >= 0.3 is 0 Å². The van der Waals surface area contributed by atoms with Crippen LogP contribution in [0.3, 0.4) is 0 Å². The van der Waals surface area contributed by atoms with E-state index in [0.717, 1.165) is 11.8 Å². The van der Waals surface area contributed by atoms with Crippen molar-refractivity contribution in [2.75, 3.05) is 10.6 Å². The van der Waals surface area contributed by atoms with Crippen molar-refractivity contribution in [1.29, 1.82) is 0 Å². The normalized spacial score (nSPS) is 10.2. The number of amides is 1. The largest absolute Gasteiger partial charge is 0.381 e. The summed E-state index contributed by atoms with van der Waals surface area (Å²) >= 11 is 0. The molecule has 3 nitrogen and oxygen atoms in total. The van der Waals surface area contributed by atoms with Gasteiger partial charge in [-0.05, 0) is 30.3 Å². The first-order valence-corrected chi connectivity index (χ1v) is 6.66. The Morgan fingerprint density at radius 1 is 1.05 bits per heavy atom. The van der Waals surface area contributed by atoms with Crippen molar-refractivity contribution in [2.45, 2.75) is 19.9 Å². The Labute approximate surface area is 122 Å². The van der Waals surface area contributed by atoms with Crippen LogP contribution in [0.4, 0.5) is 20.2 Å². The molecule has 0 atom stereocenters. The fourth-order valence-electron chi connectivity index (χ4n) is 1.78. The van der Waals surface area contributed by atoms with Gasteiger partial charge in [0.1, 0.15) is 11.6 Å². The number of benzene rings is 2. The fraction of sp³-hybridized carbons (Fsp3) is 0.188. The number of halogens is 2. The van der Waals surface area contributed by atoms with E-state index in [1.54, 1.807) is 31.2 Å². The lowest BCUT2D eigenvalue weighted by atomic mass is 10.2. The van der Waals surface area contributed by atoms with Gasteiger partial charge in [0.15, 0.2) is 0 Å². The molecule has 5 heteroatoms. The van der Waals surface area contributed by atoms with Gasteiger partial charge < -0.3 is 10.6 Å². The van der Waals surface area contributed by atoms with Gasteiger partial charge in [-0.3, -0.25) is 4.79 Å². The second-order valence-electron chi connectivity index (χ2n) is 4.57. The fourth-order valence-corrected chi connectivity index (χ4v) is 1.78. The SMILES string of the molecule is CCC(=O)Nc1ccc(NCc2ccc(F)cc2F)cc1. The van der Waals surface area contributed by atoms with Gasteiger partial charge in [-0.15, -0.1) is 0 Å². The summed E-state index contributed by atoms with van der Waals surface area (Å²) in [7, 11) is 0. The molecule has 2 rings (SSSR count). The first kappa shape index (κ1) is 15.0.